The average Bonchev–Trinajstić information content (AvgIpc) is 2.11. The highest BCUT2D eigenvalue weighted by Crippen LogP contribution is 2.24. The molecule has 0 saturated heterocycles. The largest absolute Gasteiger partial charge is 0.411 e. The zero-order valence-corrected chi connectivity index (χ0v) is 8.32. The van der Waals surface area contributed by atoms with E-state index < -0.39 is 18.2 Å². The van der Waals surface area contributed by atoms with E-state index in [-0.39, 0.29) is 6.61 Å². The first kappa shape index (κ1) is 13.2. The molecule has 82 valence electrons. The third-order valence-corrected chi connectivity index (χ3v) is 2.11. The van der Waals surface area contributed by atoms with E-state index >= 15 is 0 Å². The van der Waals surface area contributed by atoms with Gasteiger partial charge in [0.1, 0.15) is 6.61 Å². The number of nitriles is 1. The van der Waals surface area contributed by atoms with Gasteiger partial charge in [-0.05, 0) is 19.8 Å². The first-order valence-corrected chi connectivity index (χ1v) is 4.39. The van der Waals surface area contributed by atoms with Crippen molar-refractivity contribution in [2.45, 2.75) is 32.9 Å². The summed E-state index contributed by atoms with van der Waals surface area (Å²) in [5.41, 5.74) is -0.578. The van der Waals surface area contributed by atoms with Gasteiger partial charge in [0.15, 0.2) is 0 Å². The molecule has 0 saturated carbocycles. The van der Waals surface area contributed by atoms with Crippen LogP contribution in [0, 0.1) is 16.7 Å². The molecule has 0 aromatic rings. The Labute approximate surface area is 81.7 Å². The van der Waals surface area contributed by atoms with Gasteiger partial charge in [0.05, 0.1) is 11.5 Å². The van der Waals surface area contributed by atoms with Crippen LogP contribution >= 0.6 is 0 Å². The fourth-order valence-electron chi connectivity index (χ4n) is 0.797. The zero-order chi connectivity index (χ0) is 11.2. The van der Waals surface area contributed by atoms with Gasteiger partial charge < -0.3 is 4.74 Å². The van der Waals surface area contributed by atoms with E-state index in [2.05, 4.69) is 10.8 Å². The molecule has 1 unspecified atom stereocenters. The second kappa shape index (κ2) is 5.20. The molecule has 14 heavy (non-hydrogen) atoms. The standard InChI is InChI=1S/C9H14F3NO/c1-3-8(2,6-13)4-5-14-7-9(10,11)12/h3-5,7H2,1-2H3. The molecule has 0 aliphatic heterocycles. The van der Waals surface area contributed by atoms with Gasteiger partial charge in [-0.15, -0.1) is 0 Å². The maximum absolute atomic E-state index is 11.6. The lowest BCUT2D eigenvalue weighted by atomic mass is 9.86. The second-order valence-electron chi connectivity index (χ2n) is 3.44. The summed E-state index contributed by atoms with van der Waals surface area (Å²) < 4.78 is 39.4. The van der Waals surface area contributed by atoms with Crippen molar-refractivity contribution in [1.29, 1.82) is 5.26 Å². The summed E-state index contributed by atoms with van der Waals surface area (Å²) in [6.45, 7) is 2.27. The van der Waals surface area contributed by atoms with Crippen LogP contribution in [0.2, 0.25) is 0 Å². The molecule has 0 bridgehead atoms. The maximum Gasteiger partial charge on any atom is 0.411 e. The van der Waals surface area contributed by atoms with Gasteiger partial charge >= 0.3 is 6.18 Å². The molecule has 0 radical (unpaired) electrons. The van der Waals surface area contributed by atoms with Crippen molar-refractivity contribution in [2.75, 3.05) is 13.2 Å². The molecule has 0 aromatic heterocycles. The fourth-order valence-corrected chi connectivity index (χ4v) is 0.797. The maximum atomic E-state index is 11.6. The van der Waals surface area contributed by atoms with Crippen molar-refractivity contribution in [3.8, 4) is 6.07 Å². The number of ether oxygens (including phenoxy) is 1. The van der Waals surface area contributed by atoms with E-state index in [1.54, 1.807) is 6.92 Å². The van der Waals surface area contributed by atoms with Crippen LogP contribution in [0.15, 0.2) is 0 Å². The van der Waals surface area contributed by atoms with Crippen molar-refractivity contribution < 1.29 is 17.9 Å². The van der Waals surface area contributed by atoms with Gasteiger partial charge in [-0.2, -0.15) is 18.4 Å². The van der Waals surface area contributed by atoms with Gasteiger partial charge in [-0.3, -0.25) is 0 Å². The average molecular weight is 209 g/mol. The molecule has 0 amide bonds. The molecular weight excluding hydrogens is 195 g/mol. The first-order chi connectivity index (χ1) is 6.33. The number of rotatable bonds is 5. The Morgan fingerprint density at radius 3 is 2.29 bits per heavy atom. The Bertz CT molecular complexity index is 209. The summed E-state index contributed by atoms with van der Waals surface area (Å²) in [7, 11) is 0. The highest BCUT2D eigenvalue weighted by atomic mass is 19.4. The van der Waals surface area contributed by atoms with E-state index in [0.29, 0.717) is 12.8 Å². The molecule has 0 rings (SSSR count). The van der Waals surface area contributed by atoms with Crippen molar-refractivity contribution in [3.05, 3.63) is 0 Å². The van der Waals surface area contributed by atoms with Crippen molar-refractivity contribution in [3.63, 3.8) is 0 Å². The molecule has 0 heterocycles. The molecular formula is C9H14F3NO. The summed E-state index contributed by atoms with van der Waals surface area (Å²) in [6, 6.07) is 2.06. The smallest absolute Gasteiger partial charge is 0.372 e. The Morgan fingerprint density at radius 2 is 1.93 bits per heavy atom. The van der Waals surface area contributed by atoms with Crippen LogP contribution in [-0.4, -0.2) is 19.4 Å². The third kappa shape index (κ3) is 5.81. The second-order valence-corrected chi connectivity index (χ2v) is 3.44. The predicted molar refractivity (Wildman–Crippen MR) is 45.5 cm³/mol. The Morgan fingerprint density at radius 1 is 1.36 bits per heavy atom. The van der Waals surface area contributed by atoms with Crippen LogP contribution in [0.1, 0.15) is 26.7 Å². The molecule has 0 aliphatic carbocycles. The van der Waals surface area contributed by atoms with Gasteiger partial charge in [0, 0.05) is 6.61 Å². The van der Waals surface area contributed by atoms with Gasteiger partial charge in [0.25, 0.3) is 0 Å². The summed E-state index contributed by atoms with van der Waals surface area (Å²) in [5.74, 6) is 0. The molecule has 0 spiro atoms. The summed E-state index contributed by atoms with van der Waals surface area (Å²) >= 11 is 0. The summed E-state index contributed by atoms with van der Waals surface area (Å²) in [5, 5.41) is 8.72. The topological polar surface area (TPSA) is 33.0 Å². The Hall–Kier alpha value is -0.760. The van der Waals surface area contributed by atoms with E-state index in [9.17, 15) is 13.2 Å². The Kier molecular flexibility index (Phi) is 4.92. The van der Waals surface area contributed by atoms with Crippen LogP contribution < -0.4 is 0 Å². The molecule has 1 atom stereocenters. The first-order valence-electron chi connectivity index (χ1n) is 4.39. The van der Waals surface area contributed by atoms with Crippen LogP contribution in [-0.2, 0) is 4.74 Å². The van der Waals surface area contributed by atoms with Crippen molar-refractivity contribution in [1.82, 2.24) is 0 Å². The summed E-state index contributed by atoms with van der Waals surface area (Å²) in [4.78, 5) is 0. The molecule has 0 aromatic carbocycles. The van der Waals surface area contributed by atoms with Gasteiger partial charge in [-0.1, -0.05) is 6.92 Å². The zero-order valence-electron chi connectivity index (χ0n) is 8.32. The van der Waals surface area contributed by atoms with Crippen LogP contribution in [0.25, 0.3) is 0 Å². The minimum atomic E-state index is -4.28. The van der Waals surface area contributed by atoms with Crippen LogP contribution in [0.5, 0.6) is 0 Å². The van der Waals surface area contributed by atoms with Crippen LogP contribution in [0.3, 0.4) is 0 Å². The highest BCUT2D eigenvalue weighted by molar-refractivity contribution is 4.94. The number of nitrogens with zero attached hydrogens (tertiary/aromatic N) is 1. The van der Waals surface area contributed by atoms with Crippen molar-refractivity contribution in [2.24, 2.45) is 5.41 Å². The van der Waals surface area contributed by atoms with Gasteiger partial charge in [-0.25, -0.2) is 0 Å². The van der Waals surface area contributed by atoms with Crippen LogP contribution in [0.4, 0.5) is 13.2 Å². The SMILES string of the molecule is CCC(C)(C#N)CCOCC(F)(F)F. The molecule has 2 nitrogen and oxygen atoms in total. The third-order valence-electron chi connectivity index (χ3n) is 2.11. The lowest BCUT2D eigenvalue weighted by molar-refractivity contribution is -0.175. The number of hydrogen-bond donors (Lipinski definition) is 0. The Balaban J connectivity index is 3.70. The molecule has 5 heteroatoms. The summed E-state index contributed by atoms with van der Waals surface area (Å²) in [6.07, 6.45) is -3.34. The predicted octanol–water partition coefficient (Wildman–Crippen LogP) is 2.90. The monoisotopic (exact) mass is 209 g/mol. The number of alkyl halides is 3. The highest BCUT2D eigenvalue weighted by Gasteiger charge is 2.28. The minimum Gasteiger partial charge on any atom is -0.372 e. The van der Waals surface area contributed by atoms with Crippen molar-refractivity contribution >= 4 is 0 Å². The fraction of sp³-hybridized carbons (Fsp3) is 0.889. The normalized spacial score (nSPS) is 16.0. The lowest BCUT2D eigenvalue weighted by Gasteiger charge is -2.19. The lowest BCUT2D eigenvalue weighted by Crippen LogP contribution is -2.20. The van der Waals surface area contributed by atoms with E-state index in [0.717, 1.165) is 0 Å². The van der Waals surface area contributed by atoms with E-state index in [4.69, 9.17) is 5.26 Å². The van der Waals surface area contributed by atoms with E-state index in [1.807, 2.05) is 6.92 Å². The van der Waals surface area contributed by atoms with E-state index in [1.165, 1.54) is 0 Å². The van der Waals surface area contributed by atoms with Gasteiger partial charge in [0.2, 0.25) is 0 Å². The minimum absolute atomic E-state index is 0.0303. The molecule has 0 fully saturated rings. The number of halogens is 3. The molecule has 0 N–H and O–H groups in total. The number of hydrogen-bond acceptors (Lipinski definition) is 2. The molecule has 0 aliphatic rings. The quantitative estimate of drug-likeness (QED) is 0.652.